The van der Waals surface area contributed by atoms with Gasteiger partial charge in [0.25, 0.3) is 0 Å². The zero-order valence-electron chi connectivity index (χ0n) is 9.06. The molecule has 0 aliphatic rings. The standard InChI is InChI=1S/C10H13NO4S/c1-10(2,9(13)15-11)6-14-8(12)7-3-4-16-5-7/h3-5H,6,11H2,1-2H3. The Labute approximate surface area is 97.1 Å². The van der Waals surface area contributed by atoms with Gasteiger partial charge in [0.2, 0.25) is 0 Å². The number of esters is 1. The molecular weight excluding hydrogens is 230 g/mol. The van der Waals surface area contributed by atoms with Crippen LogP contribution in [0.5, 0.6) is 0 Å². The van der Waals surface area contributed by atoms with Crippen molar-refractivity contribution in [3.8, 4) is 0 Å². The zero-order valence-corrected chi connectivity index (χ0v) is 9.87. The molecule has 6 heteroatoms. The maximum absolute atomic E-state index is 11.5. The molecule has 0 amide bonds. The Kier molecular flexibility index (Phi) is 4.03. The Morgan fingerprint density at radius 3 is 2.69 bits per heavy atom. The fourth-order valence-corrected chi connectivity index (χ4v) is 1.55. The summed E-state index contributed by atoms with van der Waals surface area (Å²) in [7, 11) is 0. The molecule has 0 aliphatic heterocycles. The summed E-state index contributed by atoms with van der Waals surface area (Å²) in [5.41, 5.74) is -0.470. The van der Waals surface area contributed by atoms with Gasteiger partial charge >= 0.3 is 11.9 Å². The van der Waals surface area contributed by atoms with Crippen LogP contribution in [0, 0.1) is 5.41 Å². The number of carbonyl (C=O) groups is 2. The topological polar surface area (TPSA) is 78.6 Å². The van der Waals surface area contributed by atoms with E-state index in [1.165, 1.54) is 11.3 Å². The van der Waals surface area contributed by atoms with Crippen molar-refractivity contribution < 1.29 is 19.2 Å². The number of thiophene rings is 1. The van der Waals surface area contributed by atoms with Crippen molar-refractivity contribution in [1.29, 1.82) is 0 Å². The summed E-state index contributed by atoms with van der Waals surface area (Å²) in [4.78, 5) is 26.8. The van der Waals surface area contributed by atoms with Crippen LogP contribution in [0.25, 0.3) is 0 Å². The number of nitrogens with two attached hydrogens (primary N) is 1. The third-order valence-electron chi connectivity index (χ3n) is 1.98. The third-order valence-corrected chi connectivity index (χ3v) is 2.66. The van der Waals surface area contributed by atoms with Gasteiger partial charge in [-0.2, -0.15) is 17.2 Å². The second-order valence-electron chi connectivity index (χ2n) is 3.88. The monoisotopic (exact) mass is 243 g/mol. The molecule has 1 rings (SSSR count). The molecule has 5 nitrogen and oxygen atoms in total. The van der Waals surface area contributed by atoms with Crippen molar-refractivity contribution in [2.24, 2.45) is 11.3 Å². The summed E-state index contributed by atoms with van der Waals surface area (Å²) in [6.07, 6.45) is 0. The zero-order chi connectivity index (χ0) is 12.2. The van der Waals surface area contributed by atoms with E-state index in [2.05, 4.69) is 4.84 Å². The highest BCUT2D eigenvalue weighted by Crippen LogP contribution is 2.18. The van der Waals surface area contributed by atoms with Gasteiger partial charge in [0.1, 0.15) is 6.61 Å². The van der Waals surface area contributed by atoms with E-state index in [0.717, 1.165) is 0 Å². The van der Waals surface area contributed by atoms with E-state index in [1.54, 1.807) is 30.7 Å². The predicted octanol–water partition coefficient (Wildman–Crippen LogP) is 1.35. The number of rotatable bonds is 4. The largest absolute Gasteiger partial charge is 0.461 e. The summed E-state index contributed by atoms with van der Waals surface area (Å²) in [6, 6.07) is 1.65. The van der Waals surface area contributed by atoms with Crippen molar-refractivity contribution >= 4 is 23.3 Å². The van der Waals surface area contributed by atoms with Crippen molar-refractivity contribution in [1.82, 2.24) is 0 Å². The van der Waals surface area contributed by atoms with E-state index < -0.39 is 17.4 Å². The van der Waals surface area contributed by atoms with Gasteiger partial charge in [-0.3, -0.25) is 0 Å². The van der Waals surface area contributed by atoms with Gasteiger partial charge in [0.15, 0.2) is 0 Å². The van der Waals surface area contributed by atoms with Gasteiger partial charge in [0.05, 0.1) is 11.0 Å². The minimum absolute atomic E-state index is 0.0717. The molecule has 0 saturated heterocycles. The molecule has 0 saturated carbocycles. The highest BCUT2D eigenvalue weighted by Gasteiger charge is 2.31. The number of hydrogen-bond acceptors (Lipinski definition) is 6. The Morgan fingerprint density at radius 1 is 1.50 bits per heavy atom. The highest BCUT2D eigenvalue weighted by molar-refractivity contribution is 7.08. The number of carbonyl (C=O) groups excluding carboxylic acids is 2. The van der Waals surface area contributed by atoms with Crippen molar-refractivity contribution in [2.75, 3.05) is 6.61 Å². The molecule has 1 aromatic heterocycles. The van der Waals surface area contributed by atoms with Crippen LogP contribution >= 0.6 is 11.3 Å². The second-order valence-corrected chi connectivity index (χ2v) is 4.66. The van der Waals surface area contributed by atoms with Crippen molar-refractivity contribution in [3.63, 3.8) is 0 Å². The van der Waals surface area contributed by atoms with Gasteiger partial charge in [-0.05, 0) is 25.3 Å². The van der Waals surface area contributed by atoms with Crippen LogP contribution in [0.4, 0.5) is 0 Å². The van der Waals surface area contributed by atoms with Crippen LogP contribution < -0.4 is 5.90 Å². The van der Waals surface area contributed by atoms with Crippen LogP contribution in [0.1, 0.15) is 24.2 Å². The summed E-state index contributed by atoms with van der Waals surface area (Å²) in [6.45, 7) is 3.10. The van der Waals surface area contributed by atoms with E-state index in [9.17, 15) is 9.59 Å². The molecule has 0 aliphatic carbocycles. The molecule has 16 heavy (non-hydrogen) atoms. The number of hydrogen-bond donors (Lipinski definition) is 1. The Hall–Kier alpha value is -1.40. The molecule has 0 aromatic carbocycles. The molecule has 88 valence electrons. The maximum atomic E-state index is 11.5. The molecule has 0 spiro atoms. The SMILES string of the molecule is CC(C)(COC(=O)c1ccsc1)C(=O)ON. The molecule has 0 radical (unpaired) electrons. The first-order valence-corrected chi connectivity index (χ1v) is 5.52. The molecule has 0 atom stereocenters. The predicted molar refractivity (Wildman–Crippen MR) is 58.7 cm³/mol. The van der Waals surface area contributed by atoms with E-state index in [1.807, 2.05) is 0 Å². The van der Waals surface area contributed by atoms with Gasteiger partial charge in [0, 0.05) is 5.38 Å². The first kappa shape index (κ1) is 12.7. The van der Waals surface area contributed by atoms with Gasteiger partial charge in [-0.25, -0.2) is 9.59 Å². The summed E-state index contributed by atoms with van der Waals surface area (Å²) in [5, 5.41) is 3.45. The molecule has 0 fully saturated rings. The summed E-state index contributed by atoms with van der Waals surface area (Å²) < 4.78 is 4.99. The fourth-order valence-electron chi connectivity index (χ4n) is 0.928. The highest BCUT2D eigenvalue weighted by atomic mass is 32.1. The lowest BCUT2D eigenvalue weighted by Crippen LogP contribution is -2.34. The first-order valence-electron chi connectivity index (χ1n) is 4.58. The third kappa shape index (κ3) is 3.04. The number of ether oxygens (including phenoxy) is 1. The van der Waals surface area contributed by atoms with Crippen LogP contribution in [-0.4, -0.2) is 18.5 Å². The maximum Gasteiger partial charge on any atom is 0.339 e. The van der Waals surface area contributed by atoms with E-state index in [0.29, 0.717) is 5.56 Å². The Balaban J connectivity index is 2.52. The van der Waals surface area contributed by atoms with E-state index in [-0.39, 0.29) is 6.61 Å². The average Bonchev–Trinajstić information content (AvgIpc) is 2.78. The lowest BCUT2D eigenvalue weighted by Gasteiger charge is -2.19. The van der Waals surface area contributed by atoms with E-state index >= 15 is 0 Å². The lowest BCUT2D eigenvalue weighted by atomic mass is 9.95. The average molecular weight is 243 g/mol. The van der Waals surface area contributed by atoms with Crippen LogP contribution in [0.15, 0.2) is 16.8 Å². The fraction of sp³-hybridized carbons (Fsp3) is 0.400. The quantitative estimate of drug-likeness (QED) is 0.638. The van der Waals surface area contributed by atoms with Gasteiger partial charge in [-0.15, -0.1) is 0 Å². The second kappa shape index (κ2) is 5.09. The smallest absolute Gasteiger partial charge is 0.339 e. The van der Waals surface area contributed by atoms with Crippen LogP contribution in [-0.2, 0) is 14.4 Å². The molecule has 1 heterocycles. The van der Waals surface area contributed by atoms with E-state index in [4.69, 9.17) is 10.6 Å². The minimum atomic E-state index is -0.944. The normalized spacial score (nSPS) is 10.9. The van der Waals surface area contributed by atoms with Crippen LogP contribution in [0.3, 0.4) is 0 Å². The first-order chi connectivity index (χ1) is 7.47. The Bertz CT molecular complexity index is 372. The lowest BCUT2D eigenvalue weighted by molar-refractivity contribution is -0.156. The molecule has 1 aromatic rings. The van der Waals surface area contributed by atoms with Crippen molar-refractivity contribution in [2.45, 2.75) is 13.8 Å². The minimum Gasteiger partial charge on any atom is -0.461 e. The summed E-state index contributed by atoms with van der Waals surface area (Å²) >= 11 is 1.40. The van der Waals surface area contributed by atoms with Gasteiger partial charge < -0.3 is 9.57 Å². The Morgan fingerprint density at radius 2 is 2.19 bits per heavy atom. The van der Waals surface area contributed by atoms with Crippen LogP contribution in [0.2, 0.25) is 0 Å². The van der Waals surface area contributed by atoms with Gasteiger partial charge in [-0.1, -0.05) is 0 Å². The molecule has 0 bridgehead atoms. The molecular formula is C10H13NO4S. The molecule has 2 N–H and O–H groups in total. The van der Waals surface area contributed by atoms with Crippen molar-refractivity contribution in [3.05, 3.63) is 22.4 Å². The summed E-state index contributed by atoms with van der Waals surface area (Å²) in [5.74, 6) is 3.69. The molecule has 0 unspecified atom stereocenters.